The van der Waals surface area contributed by atoms with Gasteiger partial charge in [0.05, 0.1) is 0 Å². The van der Waals surface area contributed by atoms with Crippen molar-refractivity contribution in [3.8, 4) is 0 Å². The summed E-state index contributed by atoms with van der Waals surface area (Å²) in [5, 5.41) is 7.29. The quantitative estimate of drug-likeness (QED) is 0.418. The normalized spacial score (nSPS) is 11.5. The van der Waals surface area contributed by atoms with Crippen molar-refractivity contribution in [3.63, 3.8) is 0 Å². The molecule has 1 rings (SSSR count). The van der Waals surface area contributed by atoms with Crippen molar-refractivity contribution in [3.05, 3.63) is 34.9 Å². The maximum Gasteiger partial charge on any atom is 0.191 e. The second kappa shape index (κ2) is 11.4. The summed E-state index contributed by atoms with van der Waals surface area (Å²) in [7, 11) is 1.77. The molecule has 0 aliphatic carbocycles. The molecule has 0 saturated heterocycles. The van der Waals surface area contributed by atoms with Crippen LogP contribution >= 0.6 is 11.6 Å². The van der Waals surface area contributed by atoms with Gasteiger partial charge in [-0.3, -0.25) is 4.99 Å². The molecule has 0 bridgehead atoms. The van der Waals surface area contributed by atoms with E-state index < -0.39 is 0 Å². The first-order valence-corrected chi connectivity index (χ1v) is 7.90. The minimum Gasteiger partial charge on any atom is -0.381 e. The van der Waals surface area contributed by atoms with Crippen molar-refractivity contribution in [2.75, 3.05) is 26.8 Å². The van der Waals surface area contributed by atoms with E-state index in [1.165, 1.54) is 6.42 Å². The molecule has 118 valence electrons. The van der Waals surface area contributed by atoms with Gasteiger partial charge in [0.1, 0.15) is 0 Å². The van der Waals surface area contributed by atoms with E-state index in [-0.39, 0.29) is 0 Å². The van der Waals surface area contributed by atoms with Crippen molar-refractivity contribution >= 4 is 17.6 Å². The molecule has 0 aromatic heterocycles. The van der Waals surface area contributed by atoms with Gasteiger partial charge in [-0.2, -0.15) is 0 Å². The maximum absolute atomic E-state index is 5.96. The average molecular weight is 312 g/mol. The van der Waals surface area contributed by atoms with Gasteiger partial charge in [0.15, 0.2) is 5.96 Å². The molecule has 21 heavy (non-hydrogen) atoms. The summed E-state index contributed by atoms with van der Waals surface area (Å²) in [5.41, 5.74) is 1.13. The number of nitrogens with zero attached hydrogens (tertiary/aromatic N) is 1. The zero-order chi connectivity index (χ0) is 15.3. The summed E-state index contributed by atoms with van der Waals surface area (Å²) in [5.74, 6) is 0.795. The zero-order valence-corrected chi connectivity index (χ0v) is 13.7. The molecule has 0 spiro atoms. The molecule has 0 saturated carbocycles. The van der Waals surface area contributed by atoms with Crippen LogP contribution in [0.4, 0.5) is 0 Å². The lowest BCUT2D eigenvalue weighted by atomic mass is 10.2. The first kappa shape index (κ1) is 17.8. The lowest BCUT2D eigenvalue weighted by Gasteiger charge is -2.12. The van der Waals surface area contributed by atoms with Crippen LogP contribution in [0.15, 0.2) is 29.3 Å². The van der Waals surface area contributed by atoms with Crippen LogP contribution in [0.5, 0.6) is 0 Å². The second-order valence-electron chi connectivity index (χ2n) is 4.80. The van der Waals surface area contributed by atoms with Crippen LogP contribution in [0.3, 0.4) is 0 Å². The summed E-state index contributed by atoms with van der Waals surface area (Å²) in [6, 6.07) is 7.80. The van der Waals surface area contributed by atoms with Crippen molar-refractivity contribution in [2.45, 2.75) is 32.7 Å². The van der Waals surface area contributed by atoms with Crippen LogP contribution in [0.25, 0.3) is 0 Å². The van der Waals surface area contributed by atoms with Crippen LogP contribution in [-0.4, -0.2) is 32.8 Å². The molecule has 0 amide bonds. The van der Waals surface area contributed by atoms with Gasteiger partial charge in [-0.25, -0.2) is 0 Å². The minimum absolute atomic E-state index is 0.702. The number of hydrogen-bond acceptors (Lipinski definition) is 2. The van der Waals surface area contributed by atoms with Gasteiger partial charge in [-0.1, -0.05) is 37.1 Å². The molecule has 5 heteroatoms. The molecular formula is C16H26ClN3O. The monoisotopic (exact) mass is 311 g/mol. The number of benzene rings is 1. The van der Waals surface area contributed by atoms with E-state index in [1.807, 2.05) is 24.3 Å². The lowest BCUT2D eigenvalue weighted by Crippen LogP contribution is -2.37. The fourth-order valence-corrected chi connectivity index (χ4v) is 2.00. The summed E-state index contributed by atoms with van der Waals surface area (Å²) < 4.78 is 5.52. The number of guanidine groups is 1. The fraction of sp³-hybridized carbons (Fsp3) is 0.562. The Bertz CT molecular complexity index is 424. The molecule has 0 heterocycles. The van der Waals surface area contributed by atoms with Gasteiger partial charge in [-0.05, 0) is 30.5 Å². The summed E-state index contributed by atoms with van der Waals surface area (Å²) >= 11 is 5.96. The van der Waals surface area contributed by atoms with Crippen LogP contribution in [0.2, 0.25) is 5.02 Å². The van der Waals surface area contributed by atoms with Gasteiger partial charge in [-0.15, -0.1) is 0 Å². The second-order valence-corrected chi connectivity index (χ2v) is 5.24. The highest BCUT2D eigenvalue weighted by atomic mass is 35.5. The Morgan fingerprint density at radius 1 is 1.24 bits per heavy atom. The molecule has 0 unspecified atom stereocenters. The van der Waals surface area contributed by atoms with Gasteiger partial charge in [0.2, 0.25) is 0 Å². The van der Waals surface area contributed by atoms with Crippen molar-refractivity contribution < 1.29 is 4.74 Å². The molecule has 0 aliphatic rings. The van der Waals surface area contributed by atoms with E-state index in [2.05, 4.69) is 22.5 Å². The van der Waals surface area contributed by atoms with E-state index in [1.54, 1.807) is 7.05 Å². The minimum atomic E-state index is 0.702. The van der Waals surface area contributed by atoms with Gasteiger partial charge in [0, 0.05) is 38.4 Å². The third-order valence-electron chi connectivity index (χ3n) is 2.97. The first-order chi connectivity index (χ1) is 10.3. The van der Waals surface area contributed by atoms with Crippen LogP contribution in [0.1, 0.15) is 31.7 Å². The van der Waals surface area contributed by atoms with E-state index in [0.29, 0.717) is 6.54 Å². The Balaban J connectivity index is 2.15. The molecule has 0 aliphatic heterocycles. The summed E-state index contributed by atoms with van der Waals surface area (Å²) in [4.78, 5) is 4.19. The number of hydrogen-bond donors (Lipinski definition) is 2. The Kier molecular flexibility index (Phi) is 9.66. The molecule has 1 aromatic carbocycles. The number of rotatable bonds is 9. The third kappa shape index (κ3) is 8.58. The molecule has 0 atom stereocenters. The highest BCUT2D eigenvalue weighted by molar-refractivity contribution is 6.30. The van der Waals surface area contributed by atoms with Crippen LogP contribution in [0, 0.1) is 0 Å². The molecule has 4 nitrogen and oxygen atoms in total. The standard InChI is InChI=1S/C16H26ClN3O/c1-3-4-10-21-11-6-9-19-16(18-2)20-13-14-7-5-8-15(17)12-14/h5,7-8,12H,3-4,6,9-11,13H2,1-2H3,(H2,18,19,20). The predicted octanol–water partition coefficient (Wildman–Crippen LogP) is 3.21. The summed E-state index contributed by atoms with van der Waals surface area (Å²) in [6.07, 6.45) is 3.29. The number of halogens is 1. The lowest BCUT2D eigenvalue weighted by molar-refractivity contribution is 0.129. The molecule has 1 aromatic rings. The van der Waals surface area contributed by atoms with Crippen LogP contribution in [-0.2, 0) is 11.3 Å². The van der Waals surface area contributed by atoms with E-state index in [0.717, 1.165) is 49.1 Å². The van der Waals surface area contributed by atoms with Crippen molar-refractivity contribution in [1.29, 1.82) is 0 Å². The first-order valence-electron chi connectivity index (χ1n) is 7.53. The van der Waals surface area contributed by atoms with E-state index >= 15 is 0 Å². The Morgan fingerprint density at radius 3 is 2.76 bits per heavy atom. The van der Waals surface area contributed by atoms with Gasteiger partial charge >= 0.3 is 0 Å². The highest BCUT2D eigenvalue weighted by Crippen LogP contribution is 2.10. The van der Waals surface area contributed by atoms with E-state index in [9.17, 15) is 0 Å². The van der Waals surface area contributed by atoms with Crippen LogP contribution < -0.4 is 10.6 Å². The summed E-state index contributed by atoms with van der Waals surface area (Å²) in [6.45, 7) is 5.37. The number of nitrogens with one attached hydrogen (secondary N) is 2. The van der Waals surface area contributed by atoms with Gasteiger partial charge in [0.25, 0.3) is 0 Å². The number of ether oxygens (including phenoxy) is 1. The largest absolute Gasteiger partial charge is 0.381 e. The molecule has 2 N–H and O–H groups in total. The van der Waals surface area contributed by atoms with Gasteiger partial charge < -0.3 is 15.4 Å². The predicted molar refractivity (Wildman–Crippen MR) is 90.0 cm³/mol. The topological polar surface area (TPSA) is 45.6 Å². The third-order valence-corrected chi connectivity index (χ3v) is 3.21. The maximum atomic E-state index is 5.96. The smallest absolute Gasteiger partial charge is 0.191 e. The Morgan fingerprint density at radius 2 is 2.05 bits per heavy atom. The Labute approximate surface area is 132 Å². The zero-order valence-electron chi connectivity index (χ0n) is 13.0. The van der Waals surface area contributed by atoms with Crippen molar-refractivity contribution in [1.82, 2.24) is 10.6 Å². The number of aliphatic imine (C=N–C) groups is 1. The average Bonchev–Trinajstić information content (AvgIpc) is 2.49. The fourth-order valence-electron chi connectivity index (χ4n) is 1.78. The van der Waals surface area contributed by atoms with E-state index in [4.69, 9.17) is 16.3 Å². The Hall–Kier alpha value is -1.26. The number of unbranched alkanes of at least 4 members (excludes halogenated alkanes) is 1. The molecular weight excluding hydrogens is 286 g/mol. The SMILES string of the molecule is CCCCOCCCNC(=NC)NCc1cccc(Cl)c1. The molecule has 0 fully saturated rings. The highest BCUT2D eigenvalue weighted by Gasteiger charge is 1.98. The molecule has 0 radical (unpaired) electrons. The van der Waals surface area contributed by atoms with Crippen molar-refractivity contribution in [2.24, 2.45) is 4.99 Å².